The van der Waals surface area contributed by atoms with Gasteiger partial charge < -0.3 is 20.1 Å². The number of nitrogens with one attached hydrogen (secondary N) is 1. The fraction of sp³-hybridized carbons (Fsp3) is 0.621. The standard InChI is InChI=1S/C29H42N2O5/c1-29(2,3)25-20-36-28(35)23(17-21-11-6-4-7-12-21)14-9-5-8-13-22(27(34)30-25)18-26(33)31-16-10-15-24(31)19-32/h4-8,11-12,22-25,32H,9-10,13-20H2,1-3H3,(H,30,34)/t22-,23-,24+,25-/m1/s1. The second-order valence-electron chi connectivity index (χ2n) is 11.2. The molecule has 0 aliphatic carbocycles. The van der Waals surface area contributed by atoms with Gasteiger partial charge in [0.2, 0.25) is 11.8 Å². The molecule has 0 saturated carbocycles. The molecule has 36 heavy (non-hydrogen) atoms. The number of cyclic esters (lactones) is 1. The van der Waals surface area contributed by atoms with Gasteiger partial charge in [-0.05, 0) is 49.5 Å². The Morgan fingerprint density at radius 3 is 2.56 bits per heavy atom. The first-order valence-corrected chi connectivity index (χ1v) is 13.2. The van der Waals surface area contributed by atoms with E-state index in [1.54, 1.807) is 4.90 Å². The van der Waals surface area contributed by atoms with Gasteiger partial charge in [0, 0.05) is 13.0 Å². The molecule has 0 spiro atoms. The number of hydrogen-bond donors (Lipinski definition) is 2. The van der Waals surface area contributed by atoms with Crippen molar-refractivity contribution in [2.24, 2.45) is 17.3 Å². The summed E-state index contributed by atoms with van der Waals surface area (Å²) in [5, 5.41) is 12.7. The van der Waals surface area contributed by atoms with Crippen molar-refractivity contribution < 1.29 is 24.2 Å². The number of carbonyl (C=O) groups excluding carboxylic acids is 3. The van der Waals surface area contributed by atoms with Gasteiger partial charge in [0.05, 0.1) is 30.5 Å². The first kappa shape index (κ1) is 27.9. The lowest BCUT2D eigenvalue weighted by atomic mass is 9.86. The number of aliphatic hydroxyl groups excluding tert-OH is 1. The summed E-state index contributed by atoms with van der Waals surface area (Å²) in [4.78, 5) is 41.2. The maximum absolute atomic E-state index is 13.4. The van der Waals surface area contributed by atoms with Gasteiger partial charge in [-0.15, -0.1) is 0 Å². The highest BCUT2D eigenvalue weighted by atomic mass is 16.5. The molecule has 2 heterocycles. The molecular weight excluding hydrogens is 456 g/mol. The minimum absolute atomic E-state index is 0.0515. The fourth-order valence-electron chi connectivity index (χ4n) is 4.92. The van der Waals surface area contributed by atoms with Crippen molar-refractivity contribution in [2.45, 2.75) is 77.8 Å². The normalized spacial score (nSPS) is 26.4. The Kier molecular flexibility index (Phi) is 10.1. The predicted octanol–water partition coefficient (Wildman–Crippen LogP) is 3.65. The molecule has 198 valence electrons. The second kappa shape index (κ2) is 13.0. The van der Waals surface area contributed by atoms with Crippen LogP contribution in [0.25, 0.3) is 0 Å². The molecule has 2 N–H and O–H groups in total. The van der Waals surface area contributed by atoms with E-state index < -0.39 is 5.92 Å². The van der Waals surface area contributed by atoms with Crippen LogP contribution in [0, 0.1) is 17.3 Å². The molecule has 4 atom stereocenters. The number of rotatable bonds is 5. The third-order valence-electron chi connectivity index (χ3n) is 7.38. The van der Waals surface area contributed by atoms with Gasteiger partial charge in [0.1, 0.15) is 6.61 Å². The van der Waals surface area contributed by atoms with E-state index in [-0.39, 0.29) is 60.8 Å². The van der Waals surface area contributed by atoms with E-state index in [9.17, 15) is 19.5 Å². The minimum atomic E-state index is -0.518. The third-order valence-corrected chi connectivity index (χ3v) is 7.38. The largest absolute Gasteiger partial charge is 0.463 e. The van der Waals surface area contributed by atoms with E-state index in [1.807, 2.05) is 63.3 Å². The molecule has 0 aromatic heterocycles. The molecule has 7 nitrogen and oxygen atoms in total. The van der Waals surface area contributed by atoms with Crippen LogP contribution in [-0.4, -0.2) is 59.6 Å². The number of benzene rings is 1. The van der Waals surface area contributed by atoms with Gasteiger partial charge in [-0.2, -0.15) is 0 Å². The quantitative estimate of drug-likeness (QED) is 0.477. The topological polar surface area (TPSA) is 95.9 Å². The Labute approximate surface area is 215 Å². The SMILES string of the molecule is CC(C)(C)[C@H]1COC(=O)[C@@H](Cc2ccccc2)CCC=CC[C@H](CC(=O)N2CCC[C@H]2CO)C(=O)N1. The molecule has 1 aromatic rings. The van der Waals surface area contributed by atoms with E-state index in [0.29, 0.717) is 32.2 Å². The number of allylic oxidation sites excluding steroid dienone is 2. The van der Waals surface area contributed by atoms with Crippen LogP contribution in [0.2, 0.25) is 0 Å². The van der Waals surface area contributed by atoms with E-state index in [4.69, 9.17) is 4.74 Å². The van der Waals surface area contributed by atoms with Crippen LogP contribution in [-0.2, 0) is 25.5 Å². The minimum Gasteiger partial charge on any atom is -0.463 e. The molecule has 3 rings (SSSR count). The summed E-state index contributed by atoms with van der Waals surface area (Å²) >= 11 is 0. The summed E-state index contributed by atoms with van der Waals surface area (Å²) in [6.45, 7) is 6.66. The first-order chi connectivity index (χ1) is 17.2. The van der Waals surface area contributed by atoms with E-state index in [2.05, 4.69) is 5.32 Å². The van der Waals surface area contributed by atoms with Crippen molar-refractivity contribution in [1.29, 1.82) is 0 Å². The highest BCUT2D eigenvalue weighted by Crippen LogP contribution is 2.25. The Morgan fingerprint density at radius 2 is 1.86 bits per heavy atom. The van der Waals surface area contributed by atoms with E-state index in [1.165, 1.54) is 0 Å². The fourth-order valence-corrected chi connectivity index (χ4v) is 4.92. The molecule has 2 aliphatic rings. The van der Waals surface area contributed by atoms with Gasteiger partial charge in [-0.25, -0.2) is 0 Å². The van der Waals surface area contributed by atoms with Crippen molar-refractivity contribution in [1.82, 2.24) is 10.2 Å². The maximum atomic E-state index is 13.4. The number of hydrogen-bond acceptors (Lipinski definition) is 5. The number of ether oxygens (including phenoxy) is 1. The monoisotopic (exact) mass is 498 g/mol. The summed E-state index contributed by atoms with van der Waals surface area (Å²) in [5.41, 5.74) is 0.752. The molecular formula is C29H42N2O5. The van der Waals surface area contributed by atoms with Crippen molar-refractivity contribution in [3.05, 3.63) is 48.0 Å². The van der Waals surface area contributed by atoms with E-state index in [0.717, 1.165) is 18.4 Å². The highest BCUT2D eigenvalue weighted by molar-refractivity contribution is 5.86. The van der Waals surface area contributed by atoms with Gasteiger partial charge in [-0.1, -0.05) is 63.3 Å². The number of carbonyl (C=O) groups is 3. The summed E-state index contributed by atoms with van der Waals surface area (Å²) in [6, 6.07) is 9.40. The molecule has 1 saturated heterocycles. The summed E-state index contributed by atoms with van der Waals surface area (Å²) in [6.07, 6.45) is 8.12. The van der Waals surface area contributed by atoms with Crippen molar-refractivity contribution in [3.8, 4) is 0 Å². The Balaban J connectivity index is 1.76. The molecule has 7 heteroatoms. The van der Waals surface area contributed by atoms with Crippen molar-refractivity contribution >= 4 is 17.8 Å². The number of esters is 1. The van der Waals surface area contributed by atoms with Crippen LogP contribution >= 0.6 is 0 Å². The number of amides is 2. The zero-order valence-electron chi connectivity index (χ0n) is 21.9. The highest BCUT2D eigenvalue weighted by Gasteiger charge is 2.34. The molecule has 1 fully saturated rings. The van der Waals surface area contributed by atoms with Gasteiger partial charge in [0.15, 0.2) is 0 Å². The Bertz CT molecular complexity index is 908. The van der Waals surface area contributed by atoms with Gasteiger partial charge >= 0.3 is 5.97 Å². The van der Waals surface area contributed by atoms with Crippen molar-refractivity contribution in [3.63, 3.8) is 0 Å². The van der Waals surface area contributed by atoms with Crippen LogP contribution < -0.4 is 5.32 Å². The molecule has 0 radical (unpaired) electrons. The average molecular weight is 499 g/mol. The lowest BCUT2D eigenvalue weighted by molar-refractivity contribution is -0.151. The Hall–Kier alpha value is -2.67. The third kappa shape index (κ3) is 7.92. The summed E-state index contributed by atoms with van der Waals surface area (Å²) < 4.78 is 5.77. The summed E-state index contributed by atoms with van der Waals surface area (Å²) in [5.74, 6) is -1.33. The molecule has 1 aromatic carbocycles. The smallest absolute Gasteiger partial charge is 0.309 e. The number of likely N-dealkylation sites (tertiary alicyclic amines) is 1. The van der Waals surface area contributed by atoms with Crippen LogP contribution in [0.4, 0.5) is 0 Å². The summed E-state index contributed by atoms with van der Waals surface area (Å²) in [7, 11) is 0. The zero-order valence-corrected chi connectivity index (χ0v) is 21.9. The van der Waals surface area contributed by atoms with Crippen LogP contribution in [0.15, 0.2) is 42.5 Å². The molecule has 0 unspecified atom stereocenters. The van der Waals surface area contributed by atoms with Gasteiger partial charge in [0.25, 0.3) is 0 Å². The second-order valence-corrected chi connectivity index (χ2v) is 11.2. The van der Waals surface area contributed by atoms with Crippen LogP contribution in [0.3, 0.4) is 0 Å². The predicted molar refractivity (Wildman–Crippen MR) is 139 cm³/mol. The number of aliphatic hydroxyl groups is 1. The van der Waals surface area contributed by atoms with Crippen LogP contribution in [0.5, 0.6) is 0 Å². The first-order valence-electron chi connectivity index (χ1n) is 13.2. The average Bonchev–Trinajstić information content (AvgIpc) is 3.33. The van der Waals surface area contributed by atoms with Crippen LogP contribution in [0.1, 0.15) is 64.9 Å². The van der Waals surface area contributed by atoms with E-state index >= 15 is 0 Å². The zero-order chi connectivity index (χ0) is 26.1. The maximum Gasteiger partial charge on any atom is 0.309 e. The molecule has 2 aliphatic heterocycles. The molecule has 2 amide bonds. The van der Waals surface area contributed by atoms with Gasteiger partial charge in [-0.3, -0.25) is 14.4 Å². The molecule has 0 bridgehead atoms. The lowest BCUT2D eigenvalue weighted by Crippen LogP contribution is -2.50. The Morgan fingerprint density at radius 1 is 1.11 bits per heavy atom. The van der Waals surface area contributed by atoms with Crippen molar-refractivity contribution in [2.75, 3.05) is 19.8 Å². The number of nitrogens with zero attached hydrogens (tertiary/aromatic N) is 1. The lowest BCUT2D eigenvalue weighted by Gasteiger charge is -2.33.